The number of benzene rings is 1. The third kappa shape index (κ3) is 6.53. The van der Waals surface area contributed by atoms with Gasteiger partial charge in [-0.1, -0.05) is 18.6 Å². The first-order valence-corrected chi connectivity index (χ1v) is 8.60. The van der Waals surface area contributed by atoms with Gasteiger partial charge in [0.05, 0.1) is 0 Å². The molecule has 0 aromatic heterocycles. The topological polar surface area (TPSA) is 32.3 Å². The van der Waals surface area contributed by atoms with Gasteiger partial charge in [-0.25, -0.2) is 4.39 Å². The smallest absolute Gasteiger partial charge is 0.243 e. The molecule has 23 heavy (non-hydrogen) atoms. The van der Waals surface area contributed by atoms with Crippen LogP contribution in [0.5, 0.6) is 0 Å². The second-order valence-electron chi connectivity index (χ2n) is 6.27. The van der Waals surface area contributed by atoms with Crippen LogP contribution in [0.3, 0.4) is 0 Å². The molecule has 1 fully saturated rings. The first-order chi connectivity index (χ1) is 11.1. The van der Waals surface area contributed by atoms with Gasteiger partial charge in [0.15, 0.2) is 0 Å². The highest BCUT2D eigenvalue weighted by Crippen LogP contribution is 2.16. The predicted octanol–water partition coefficient (Wildman–Crippen LogP) is 3.61. The van der Waals surface area contributed by atoms with E-state index in [1.54, 1.807) is 18.2 Å². The zero-order chi connectivity index (χ0) is 16.5. The maximum atomic E-state index is 13.0. The lowest BCUT2D eigenvalue weighted by molar-refractivity contribution is -0.116. The van der Waals surface area contributed by atoms with Crippen LogP contribution in [0.25, 0.3) is 6.08 Å². The van der Waals surface area contributed by atoms with Crippen molar-refractivity contribution in [3.05, 3.63) is 41.7 Å². The molecule has 126 valence electrons. The van der Waals surface area contributed by atoms with Crippen LogP contribution in [0.4, 0.5) is 4.39 Å². The quantitative estimate of drug-likeness (QED) is 0.615. The molecule has 1 aliphatic rings. The molecule has 0 aliphatic carbocycles. The molecule has 1 aromatic carbocycles. The molecule has 1 N–H and O–H groups in total. The van der Waals surface area contributed by atoms with E-state index in [0.717, 1.165) is 19.4 Å². The Balaban J connectivity index is 1.59. The fourth-order valence-corrected chi connectivity index (χ4v) is 2.98. The summed E-state index contributed by atoms with van der Waals surface area (Å²) < 4.78 is 13.0. The number of carbonyl (C=O) groups excluding carboxylic acids is 1. The van der Waals surface area contributed by atoms with Gasteiger partial charge in [0.2, 0.25) is 5.91 Å². The molecule has 0 radical (unpaired) electrons. The summed E-state index contributed by atoms with van der Waals surface area (Å²) in [6.07, 6.45) is 9.16. The van der Waals surface area contributed by atoms with Crippen molar-refractivity contribution in [2.75, 3.05) is 19.6 Å². The summed E-state index contributed by atoms with van der Waals surface area (Å²) in [4.78, 5) is 14.3. The molecule has 0 spiro atoms. The Morgan fingerprint density at radius 2 is 2.26 bits per heavy atom. The van der Waals surface area contributed by atoms with Crippen LogP contribution >= 0.6 is 0 Å². The van der Waals surface area contributed by atoms with Crippen molar-refractivity contribution >= 4 is 12.0 Å². The average Bonchev–Trinajstić information content (AvgIpc) is 2.54. The van der Waals surface area contributed by atoms with Crippen molar-refractivity contribution in [2.24, 2.45) is 0 Å². The van der Waals surface area contributed by atoms with E-state index in [9.17, 15) is 9.18 Å². The number of unbranched alkanes of at least 4 members (excludes halogenated alkanes) is 1. The van der Waals surface area contributed by atoms with E-state index >= 15 is 0 Å². The Labute approximate surface area is 138 Å². The van der Waals surface area contributed by atoms with E-state index in [1.807, 2.05) is 0 Å². The van der Waals surface area contributed by atoms with Crippen LogP contribution in [0.15, 0.2) is 30.3 Å². The largest absolute Gasteiger partial charge is 0.353 e. The first-order valence-electron chi connectivity index (χ1n) is 8.60. The summed E-state index contributed by atoms with van der Waals surface area (Å²) >= 11 is 0. The van der Waals surface area contributed by atoms with Gasteiger partial charge >= 0.3 is 0 Å². The molecule has 1 aromatic rings. The van der Waals surface area contributed by atoms with E-state index in [2.05, 4.69) is 17.1 Å². The van der Waals surface area contributed by atoms with Crippen LogP contribution in [0.1, 0.15) is 44.6 Å². The summed E-state index contributed by atoms with van der Waals surface area (Å²) in [5.74, 6) is -0.417. The number of carbonyl (C=O) groups is 1. The SMILES string of the molecule is C[C@H]1CCCCN1CCCCNC(=O)/C=C/c1cccc(F)c1. The van der Waals surface area contributed by atoms with Gasteiger partial charge in [-0.15, -0.1) is 0 Å². The number of hydrogen-bond donors (Lipinski definition) is 1. The van der Waals surface area contributed by atoms with Crippen LogP contribution in [0, 0.1) is 5.82 Å². The lowest BCUT2D eigenvalue weighted by Gasteiger charge is -2.33. The molecule has 1 saturated heterocycles. The lowest BCUT2D eigenvalue weighted by atomic mass is 10.0. The lowest BCUT2D eigenvalue weighted by Crippen LogP contribution is -2.38. The zero-order valence-electron chi connectivity index (χ0n) is 13.9. The van der Waals surface area contributed by atoms with E-state index in [0.29, 0.717) is 18.2 Å². The highest BCUT2D eigenvalue weighted by atomic mass is 19.1. The third-order valence-electron chi connectivity index (χ3n) is 4.39. The predicted molar refractivity (Wildman–Crippen MR) is 92.6 cm³/mol. The number of amides is 1. The molecule has 0 saturated carbocycles. The van der Waals surface area contributed by atoms with E-state index < -0.39 is 0 Å². The molecule has 2 rings (SSSR count). The van der Waals surface area contributed by atoms with Crippen LogP contribution in [0.2, 0.25) is 0 Å². The Hall–Kier alpha value is -1.68. The maximum absolute atomic E-state index is 13.0. The highest BCUT2D eigenvalue weighted by Gasteiger charge is 2.16. The summed E-state index contributed by atoms with van der Waals surface area (Å²) in [7, 11) is 0. The van der Waals surface area contributed by atoms with E-state index in [4.69, 9.17) is 0 Å². The van der Waals surface area contributed by atoms with Crippen LogP contribution in [-0.4, -0.2) is 36.5 Å². The number of nitrogens with one attached hydrogen (secondary N) is 1. The molecule has 4 heteroatoms. The number of rotatable bonds is 7. The van der Waals surface area contributed by atoms with Crippen molar-refractivity contribution in [1.29, 1.82) is 0 Å². The second kappa shape index (κ2) is 9.46. The van der Waals surface area contributed by atoms with Gasteiger partial charge in [0.25, 0.3) is 0 Å². The molecule has 1 atom stereocenters. The Bertz CT molecular complexity index is 530. The van der Waals surface area contributed by atoms with Crippen LogP contribution < -0.4 is 5.32 Å². The minimum atomic E-state index is -0.292. The molecule has 1 aliphatic heterocycles. The van der Waals surface area contributed by atoms with Gasteiger partial charge in [0.1, 0.15) is 5.82 Å². The maximum Gasteiger partial charge on any atom is 0.243 e. The molecule has 1 heterocycles. The summed E-state index contributed by atoms with van der Waals surface area (Å²) in [5.41, 5.74) is 0.694. The molecular formula is C19H27FN2O. The first kappa shape index (κ1) is 17.7. The van der Waals surface area contributed by atoms with Gasteiger partial charge in [-0.3, -0.25) is 4.79 Å². The fraction of sp³-hybridized carbons (Fsp3) is 0.526. The van der Waals surface area contributed by atoms with Crippen molar-refractivity contribution in [3.63, 3.8) is 0 Å². The number of piperidine rings is 1. The molecule has 1 amide bonds. The zero-order valence-corrected chi connectivity index (χ0v) is 13.9. The monoisotopic (exact) mass is 318 g/mol. The van der Waals surface area contributed by atoms with E-state index in [1.165, 1.54) is 44.0 Å². The van der Waals surface area contributed by atoms with Crippen molar-refractivity contribution in [1.82, 2.24) is 10.2 Å². The number of hydrogen-bond acceptors (Lipinski definition) is 2. The van der Waals surface area contributed by atoms with Gasteiger partial charge in [-0.2, -0.15) is 0 Å². The second-order valence-corrected chi connectivity index (χ2v) is 6.27. The number of nitrogens with zero attached hydrogens (tertiary/aromatic N) is 1. The van der Waals surface area contributed by atoms with Crippen molar-refractivity contribution in [2.45, 2.75) is 45.1 Å². The van der Waals surface area contributed by atoms with Gasteiger partial charge < -0.3 is 10.2 Å². The number of halogens is 1. The average molecular weight is 318 g/mol. The van der Waals surface area contributed by atoms with Crippen LogP contribution in [-0.2, 0) is 4.79 Å². The molecule has 3 nitrogen and oxygen atoms in total. The van der Waals surface area contributed by atoms with Crippen molar-refractivity contribution in [3.8, 4) is 0 Å². The van der Waals surface area contributed by atoms with Gasteiger partial charge in [-0.05, 0) is 69.5 Å². The molecular weight excluding hydrogens is 291 g/mol. The number of likely N-dealkylation sites (tertiary alicyclic amines) is 1. The summed E-state index contributed by atoms with van der Waals surface area (Å²) in [6.45, 7) is 5.33. The summed E-state index contributed by atoms with van der Waals surface area (Å²) in [5, 5.41) is 2.88. The summed E-state index contributed by atoms with van der Waals surface area (Å²) in [6, 6.07) is 6.90. The molecule has 0 bridgehead atoms. The normalized spacial score (nSPS) is 19.1. The van der Waals surface area contributed by atoms with Gasteiger partial charge in [0, 0.05) is 18.7 Å². The Kier molecular flexibility index (Phi) is 7.27. The van der Waals surface area contributed by atoms with E-state index in [-0.39, 0.29) is 11.7 Å². The minimum absolute atomic E-state index is 0.124. The Morgan fingerprint density at radius 3 is 3.04 bits per heavy atom. The highest BCUT2D eigenvalue weighted by molar-refractivity contribution is 5.91. The third-order valence-corrected chi connectivity index (χ3v) is 4.39. The molecule has 0 unspecified atom stereocenters. The fourth-order valence-electron chi connectivity index (χ4n) is 2.98. The van der Waals surface area contributed by atoms with Crippen molar-refractivity contribution < 1.29 is 9.18 Å². The minimum Gasteiger partial charge on any atom is -0.353 e. The Morgan fingerprint density at radius 1 is 1.39 bits per heavy atom. The standard InChI is InChI=1S/C19H27FN2O/c1-16-7-2-4-13-22(16)14-5-3-12-21-19(23)11-10-17-8-6-9-18(20)15-17/h6,8-11,15-16H,2-5,7,12-14H2,1H3,(H,21,23)/b11-10+/t16-/m0/s1.